The molecule has 156 valence electrons. The number of halogens is 3. The number of morpholine rings is 1. The lowest BCUT2D eigenvalue weighted by atomic mass is 10.2. The van der Waals surface area contributed by atoms with Gasteiger partial charge in [0.1, 0.15) is 0 Å². The van der Waals surface area contributed by atoms with Crippen molar-refractivity contribution in [2.75, 3.05) is 44.7 Å². The first kappa shape index (κ1) is 22.2. The molecule has 0 bridgehead atoms. The zero-order valence-electron chi connectivity index (χ0n) is 16.0. The molecule has 1 heterocycles. The van der Waals surface area contributed by atoms with Gasteiger partial charge >= 0.3 is 6.03 Å². The van der Waals surface area contributed by atoms with E-state index in [0.29, 0.717) is 33.8 Å². The second kappa shape index (κ2) is 11.0. The SMILES string of the molecule is O=C(Nc1ccc(Cl)c(Cl)c1)N(CCCN1CCOCC1)Cc1cccc(Cl)c1. The Hall–Kier alpha value is -1.50. The highest BCUT2D eigenvalue weighted by Crippen LogP contribution is 2.25. The number of anilines is 1. The van der Waals surface area contributed by atoms with Crippen LogP contribution >= 0.6 is 34.8 Å². The number of carbonyl (C=O) groups excluding carboxylic acids is 1. The number of rotatable bonds is 7. The molecule has 29 heavy (non-hydrogen) atoms. The van der Waals surface area contributed by atoms with Crippen LogP contribution in [0.5, 0.6) is 0 Å². The molecule has 1 N–H and O–H groups in total. The summed E-state index contributed by atoms with van der Waals surface area (Å²) in [6.45, 7) is 5.42. The molecule has 0 unspecified atom stereocenters. The Kier molecular flexibility index (Phi) is 8.45. The minimum atomic E-state index is -0.189. The van der Waals surface area contributed by atoms with E-state index in [1.165, 1.54) is 0 Å². The van der Waals surface area contributed by atoms with Crippen LogP contribution in [0.25, 0.3) is 0 Å². The van der Waals surface area contributed by atoms with Crippen molar-refractivity contribution in [1.82, 2.24) is 9.80 Å². The highest BCUT2D eigenvalue weighted by atomic mass is 35.5. The summed E-state index contributed by atoms with van der Waals surface area (Å²) in [4.78, 5) is 17.1. The van der Waals surface area contributed by atoms with Crippen molar-refractivity contribution in [3.05, 3.63) is 63.1 Å². The van der Waals surface area contributed by atoms with Gasteiger partial charge < -0.3 is 15.0 Å². The van der Waals surface area contributed by atoms with Crippen LogP contribution in [0.1, 0.15) is 12.0 Å². The standard InChI is InChI=1S/C21H24Cl3N3O2/c22-17-4-1-3-16(13-17)15-27(8-2-7-26-9-11-29-12-10-26)21(28)25-18-5-6-19(23)20(24)14-18/h1,3-6,13-14H,2,7-12,15H2,(H,25,28). The molecular formula is C21H24Cl3N3O2. The van der Waals surface area contributed by atoms with Crippen LogP contribution in [-0.4, -0.2) is 55.2 Å². The molecule has 1 aliphatic rings. The quantitative estimate of drug-likeness (QED) is 0.606. The normalized spacial score (nSPS) is 14.6. The Morgan fingerprint density at radius 3 is 2.59 bits per heavy atom. The van der Waals surface area contributed by atoms with Crippen molar-refractivity contribution in [2.45, 2.75) is 13.0 Å². The highest BCUT2D eigenvalue weighted by molar-refractivity contribution is 6.42. The van der Waals surface area contributed by atoms with Gasteiger partial charge in [0.15, 0.2) is 0 Å². The summed E-state index contributed by atoms with van der Waals surface area (Å²) in [5, 5.41) is 4.42. The Bertz CT molecular complexity index is 829. The minimum absolute atomic E-state index is 0.189. The third kappa shape index (κ3) is 7.05. The predicted octanol–water partition coefficient (Wildman–Crippen LogP) is 5.40. The fraction of sp³-hybridized carbons (Fsp3) is 0.381. The summed E-state index contributed by atoms with van der Waals surface area (Å²) < 4.78 is 5.39. The maximum absolute atomic E-state index is 13.0. The van der Waals surface area contributed by atoms with Gasteiger partial charge in [0, 0.05) is 43.4 Å². The molecule has 8 heteroatoms. The van der Waals surface area contributed by atoms with Gasteiger partial charge in [-0.05, 0) is 42.3 Å². The summed E-state index contributed by atoms with van der Waals surface area (Å²) in [5.41, 5.74) is 1.59. The lowest BCUT2D eigenvalue weighted by Gasteiger charge is -2.28. The summed E-state index contributed by atoms with van der Waals surface area (Å²) in [6.07, 6.45) is 0.870. The number of amides is 2. The average molecular weight is 457 g/mol. The molecule has 2 aromatic rings. The van der Waals surface area contributed by atoms with E-state index in [2.05, 4.69) is 10.2 Å². The lowest BCUT2D eigenvalue weighted by Crippen LogP contribution is -2.40. The molecule has 2 aromatic carbocycles. The molecule has 0 atom stereocenters. The largest absolute Gasteiger partial charge is 0.379 e. The van der Waals surface area contributed by atoms with Crippen molar-refractivity contribution in [3.63, 3.8) is 0 Å². The molecule has 0 aromatic heterocycles. The van der Waals surface area contributed by atoms with E-state index < -0.39 is 0 Å². The van der Waals surface area contributed by atoms with Gasteiger partial charge in [-0.1, -0.05) is 46.9 Å². The number of nitrogens with one attached hydrogen (secondary N) is 1. The first-order chi connectivity index (χ1) is 14.0. The molecule has 1 saturated heterocycles. The number of benzene rings is 2. The summed E-state index contributed by atoms with van der Waals surface area (Å²) in [6, 6.07) is 12.4. The Morgan fingerprint density at radius 1 is 1.07 bits per heavy atom. The zero-order valence-corrected chi connectivity index (χ0v) is 18.3. The highest BCUT2D eigenvalue weighted by Gasteiger charge is 2.16. The molecule has 0 radical (unpaired) electrons. The van der Waals surface area contributed by atoms with Crippen LogP contribution in [0.2, 0.25) is 15.1 Å². The van der Waals surface area contributed by atoms with E-state index in [1.54, 1.807) is 23.1 Å². The average Bonchev–Trinajstić information content (AvgIpc) is 2.71. The van der Waals surface area contributed by atoms with Crippen LogP contribution in [0.15, 0.2) is 42.5 Å². The second-order valence-corrected chi connectivity index (χ2v) is 8.17. The van der Waals surface area contributed by atoms with Gasteiger partial charge in [0.2, 0.25) is 0 Å². The molecule has 1 fully saturated rings. The summed E-state index contributed by atoms with van der Waals surface area (Å²) in [5.74, 6) is 0. The van der Waals surface area contributed by atoms with Gasteiger partial charge in [-0.3, -0.25) is 4.90 Å². The Labute approximate surface area is 186 Å². The minimum Gasteiger partial charge on any atom is -0.379 e. The van der Waals surface area contributed by atoms with E-state index in [-0.39, 0.29) is 6.03 Å². The monoisotopic (exact) mass is 455 g/mol. The van der Waals surface area contributed by atoms with Crippen molar-refractivity contribution in [1.29, 1.82) is 0 Å². The number of hydrogen-bond donors (Lipinski definition) is 1. The topological polar surface area (TPSA) is 44.8 Å². The van der Waals surface area contributed by atoms with Crippen molar-refractivity contribution < 1.29 is 9.53 Å². The van der Waals surface area contributed by atoms with Crippen LogP contribution in [0, 0.1) is 0 Å². The van der Waals surface area contributed by atoms with Crippen molar-refractivity contribution in [3.8, 4) is 0 Å². The fourth-order valence-electron chi connectivity index (χ4n) is 3.19. The summed E-state index contributed by atoms with van der Waals surface area (Å²) >= 11 is 18.1. The third-order valence-corrected chi connectivity index (χ3v) is 5.70. The number of urea groups is 1. The number of carbonyl (C=O) groups is 1. The molecule has 3 rings (SSSR count). The summed E-state index contributed by atoms with van der Waals surface area (Å²) in [7, 11) is 0. The molecular weight excluding hydrogens is 433 g/mol. The maximum atomic E-state index is 13.0. The third-order valence-electron chi connectivity index (χ3n) is 4.73. The van der Waals surface area contributed by atoms with E-state index in [9.17, 15) is 4.79 Å². The van der Waals surface area contributed by atoms with E-state index in [0.717, 1.165) is 44.8 Å². The smallest absolute Gasteiger partial charge is 0.322 e. The zero-order chi connectivity index (χ0) is 20.6. The van der Waals surface area contributed by atoms with E-state index in [4.69, 9.17) is 39.5 Å². The molecule has 0 spiro atoms. The fourth-order valence-corrected chi connectivity index (χ4v) is 3.71. The van der Waals surface area contributed by atoms with Crippen LogP contribution in [0.3, 0.4) is 0 Å². The first-order valence-electron chi connectivity index (χ1n) is 9.57. The van der Waals surface area contributed by atoms with Gasteiger partial charge in [-0.25, -0.2) is 4.79 Å². The molecule has 5 nitrogen and oxygen atoms in total. The van der Waals surface area contributed by atoms with Crippen LogP contribution in [-0.2, 0) is 11.3 Å². The van der Waals surface area contributed by atoms with Gasteiger partial charge in [0.25, 0.3) is 0 Å². The van der Waals surface area contributed by atoms with Gasteiger partial charge in [-0.15, -0.1) is 0 Å². The van der Waals surface area contributed by atoms with Gasteiger partial charge in [-0.2, -0.15) is 0 Å². The maximum Gasteiger partial charge on any atom is 0.322 e. The lowest BCUT2D eigenvalue weighted by molar-refractivity contribution is 0.0365. The second-order valence-electron chi connectivity index (χ2n) is 6.92. The number of nitrogens with zero attached hydrogens (tertiary/aromatic N) is 2. The van der Waals surface area contributed by atoms with Crippen molar-refractivity contribution >= 4 is 46.5 Å². The van der Waals surface area contributed by atoms with E-state index >= 15 is 0 Å². The Balaban J connectivity index is 1.64. The van der Waals surface area contributed by atoms with Crippen LogP contribution in [0.4, 0.5) is 10.5 Å². The van der Waals surface area contributed by atoms with E-state index in [1.807, 2.05) is 24.3 Å². The molecule has 2 amide bonds. The Morgan fingerprint density at radius 2 is 1.86 bits per heavy atom. The molecule has 0 aliphatic carbocycles. The first-order valence-corrected chi connectivity index (χ1v) is 10.7. The number of ether oxygens (including phenoxy) is 1. The van der Waals surface area contributed by atoms with Crippen LogP contribution < -0.4 is 5.32 Å². The predicted molar refractivity (Wildman–Crippen MR) is 119 cm³/mol. The van der Waals surface area contributed by atoms with Gasteiger partial charge in [0.05, 0.1) is 23.3 Å². The molecule has 0 saturated carbocycles. The van der Waals surface area contributed by atoms with Crippen molar-refractivity contribution in [2.24, 2.45) is 0 Å². The number of hydrogen-bond acceptors (Lipinski definition) is 3. The molecule has 1 aliphatic heterocycles.